The van der Waals surface area contributed by atoms with Crippen LogP contribution < -0.4 is 4.90 Å². The predicted molar refractivity (Wildman–Crippen MR) is 147 cm³/mol. The Kier molecular flexibility index (Phi) is 7.88. The molecule has 2 amide bonds. The minimum absolute atomic E-state index is 0.0142. The number of hydrogen-bond acceptors (Lipinski definition) is 6. The second kappa shape index (κ2) is 11.3. The van der Waals surface area contributed by atoms with Crippen LogP contribution in [0.3, 0.4) is 0 Å². The molecule has 0 spiro atoms. The van der Waals surface area contributed by atoms with Crippen molar-refractivity contribution in [2.24, 2.45) is 0 Å². The molecule has 192 valence electrons. The molecule has 1 fully saturated rings. The van der Waals surface area contributed by atoms with Crippen LogP contribution in [0.4, 0.5) is 5.82 Å². The van der Waals surface area contributed by atoms with Gasteiger partial charge >= 0.3 is 0 Å². The molecule has 5 rings (SSSR count). The maximum atomic E-state index is 13.0. The Hall–Kier alpha value is -2.81. The monoisotopic (exact) mass is 555 g/mol. The summed E-state index contributed by atoms with van der Waals surface area (Å²) in [6, 6.07) is 16.9. The van der Waals surface area contributed by atoms with Crippen LogP contribution in [-0.2, 0) is 17.8 Å². The fourth-order valence-electron chi connectivity index (χ4n) is 4.76. The van der Waals surface area contributed by atoms with E-state index in [1.54, 1.807) is 30.3 Å². The van der Waals surface area contributed by atoms with E-state index in [0.717, 1.165) is 13.0 Å². The Morgan fingerprint density at radius 3 is 2.51 bits per heavy atom. The lowest BCUT2D eigenvalue weighted by molar-refractivity contribution is -0.129. The van der Waals surface area contributed by atoms with E-state index in [4.69, 9.17) is 23.2 Å². The first-order valence-electron chi connectivity index (χ1n) is 12.2. The van der Waals surface area contributed by atoms with Crippen LogP contribution in [0.25, 0.3) is 0 Å². The van der Waals surface area contributed by atoms with E-state index in [1.165, 1.54) is 22.9 Å². The summed E-state index contributed by atoms with van der Waals surface area (Å²) in [4.78, 5) is 40.8. The second-order valence-electron chi connectivity index (χ2n) is 9.25. The van der Waals surface area contributed by atoms with Gasteiger partial charge in [0, 0.05) is 55.4 Å². The number of anilines is 1. The smallest absolute Gasteiger partial charge is 0.254 e. The zero-order valence-electron chi connectivity index (χ0n) is 20.4. The maximum Gasteiger partial charge on any atom is 0.254 e. The molecule has 0 saturated carbocycles. The largest absolute Gasteiger partial charge is 0.353 e. The number of rotatable bonds is 5. The van der Waals surface area contributed by atoms with Crippen LogP contribution in [-0.4, -0.2) is 69.6 Å². The van der Waals surface area contributed by atoms with Crippen molar-refractivity contribution in [3.63, 3.8) is 0 Å². The van der Waals surface area contributed by atoms with Crippen molar-refractivity contribution >= 4 is 52.6 Å². The van der Waals surface area contributed by atoms with E-state index in [-0.39, 0.29) is 23.6 Å². The third kappa shape index (κ3) is 6.03. The quantitative estimate of drug-likeness (QED) is 0.255. The van der Waals surface area contributed by atoms with Gasteiger partial charge in [0.1, 0.15) is 11.0 Å². The molecule has 2 aliphatic rings. The summed E-state index contributed by atoms with van der Waals surface area (Å²) in [6.07, 6.45) is 0.870. The normalized spacial score (nSPS) is 17.5. The number of carbonyl (C=O) groups excluding carboxylic acids is 2. The number of aromatic nitrogens is 2. The number of fused-ring (bicyclic) bond motifs is 1. The first kappa shape index (κ1) is 25.8. The van der Waals surface area contributed by atoms with Gasteiger partial charge in [-0.2, -0.15) is 0 Å². The van der Waals surface area contributed by atoms with E-state index in [1.807, 2.05) is 28.9 Å². The molecule has 3 heterocycles. The molecule has 3 aromatic rings. The van der Waals surface area contributed by atoms with Crippen LogP contribution in [0, 0.1) is 0 Å². The van der Waals surface area contributed by atoms with Crippen LogP contribution >= 0.6 is 35.0 Å². The molecule has 2 aliphatic heterocycles. The van der Waals surface area contributed by atoms with Crippen LogP contribution in [0.15, 0.2) is 59.8 Å². The molecular weight excluding hydrogens is 529 g/mol. The average Bonchev–Trinajstić information content (AvgIpc) is 2.91. The Bertz CT molecular complexity index is 1310. The number of nitrogens with zero attached hydrogens (tertiary/aromatic N) is 5. The molecule has 10 heteroatoms. The molecule has 1 unspecified atom stereocenters. The zero-order valence-corrected chi connectivity index (χ0v) is 22.8. The summed E-state index contributed by atoms with van der Waals surface area (Å²) < 4.78 is 0. The average molecular weight is 557 g/mol. The van der Waals surface area contributed by atoms with Gasteiger partial charge in [-0.15, -0.1) is 0 Å². The molecule has 1 saturated heterocycles. The van der Waals surface area contributed by atoms with Crippen molar-refractivity contribution in [2.75, 3.05) is 36.8 Å². The van der Waals surface area contributed by atoms with Gasteiger partial charge in [0.2, 0.25) is 5.91 Å². The highest BCUT2D eigenvalue weighted by Crippen LogP contribution is 2.26. The fourth-order valence-corrected chi connectivity index (χ4v) is 5.87. The number of carbonyl (C=O) groups is 2. The number of benzene rings is 2. The molecule has 2 aromatic carbocycles. The van der Waals surface area contributed by atoms with Gasteiger partial charge in [-0.1, -0.05) is 59.2 Å². The van der Waals surface area contributed by atoms with E-state index in [9.17, 15) is 9.59 Å². The summed E-state index contributed by atoms with van der Waals surface area (Å²) in [5.74, 6) is 1.00. The van der Waals surface area contributed by atoms with Gasteiger partial charge in [0.15, 0.2) is 5.16 Å². The lowest BCUT2D eigenvalue weighted by atomic mass is 10.00. The fraction of sp³-hybridized carbons (Fsp3) is 0.333. The summed E-state index contributed by atoms with van der Waals surface area (Å²) in [6.45, 7) is 5.16. The van der Waals surface area contributed by atoms with Crippen LogP contribution in [0.2, 0.25) is 10.2 Å². The molecule has 37 heavy (non-hydrogen) atoms. The molecule has 1 aromatic heterocycles. The second-order valence-corrected chi connectivity index (χ2v) is 11.0. The van der Waals surface area contributed by atoms with Gasteiger partial charge < -0.3 is 14.7 Å². The number of amides is 2. The number of halogens is 2. The van der Waals surface area contributed by atoms with Gasteiger partial charge in [0.05, 0.1) is 5.75 Å². The van der Waals surface area contributed by atoms with Crippen molar-refractivity contribution in [1.82, 2.24) is 19.8 Å². The number of piperazine rings is 1. The lowest BCUT2D eigenvalue weighted by Crippen LogP contribution is -2.54. The Morgan fingerprint density at radius 1 is 1.00 bits per heavy atom. The summed E-state index contributed by atoms with van der Waals surface area (Å²) in [5, 5.41) is 1.41. The van der Waals surface area contributed by atoms with Crippen molar-refractivity contribution in [3.05, 3.63) is 81.5 Å². The highest BCUT2D eigenvalue weighted by molar-refractivity contribution is 7.99. The molecule has 0 bridgehead atoms. The standard InChI is InChI=1S/C27H27Cl2N5O2S/c1-18-15-32(12-13-34(18)26(36)20-6-8-22(28)9-7-20)24-14-23(29)30-27(31-24)37-17-25(35)33-11-10-19-4-2-3-5-21(19)16-33/h2-9,14,18H,10-13,15-17H2,1H3. The first-order chi connectivity index (χ1) is 17.9. The van der Waals surface area contributed by atoms with E-state index in [2.05, 4.69) is 27.0 Å². The highest BCUT2D eigenvalue weighted by Gasteiger charge is 2.29. The number of hydrogen-bond donors (Lipinski definition) is 0. The van der Waals surface area contributed by atoms with Crippen molar-refractivity contribution < 1.29 is 9.59 Å². The van der Waals surface area contributed by atoms with Crippen molar-refractivity contribution in [2.45, 2.75) is 31.1 Å². The molecule has 0 aliphatic carbocycles. The summed E-state index contributed by atoms with van der Waals surface area (Å²) >= 11 is 13.6. The topological polar surface area (TPSA) is 69.6 Å². The molecule has 1 atom stereocenters. The molecule has 0 radical (unpaired) electrons. The van der Waals surface area contributed by atoms with Gasteiger partial charge in [-0.05, 0) is 48.7 Å². The molecule has 7 nitrogen and oxygen atoms in total. The lowest BCUT2D eigenvalue weighted by Gasteiger charge is -2.40. The van der Waals surface area contributed by atoms with E-state index in [0.29, 0.717) is 52.9 Å². The van der Waals surface area contributed by atoms with Crippen molar-refractivity contribution in [3.8, 4) is 0 Å². The minimum atomic E-state index is -0.0228. The maximum absolute atomic E-state index is 13.0. The SMILES string of the molecule is CC1CN(c2cc(Cl)nc(SCC(=O)N3CCc4ccccc4C3)n2)CCN1C(=O)c1ccc(Cl)cc1. The summed E-state index contributed by atoms with van der Waals surface area (Å²) in [5.41, 5.74) is 3.14. The first-order valence-corrected chi connectivity index (χ1v) is 13.9. The third-order valence-electron chi connectivity index (χ3n) is 6.77. The van der Waals surface area contributed by atoms with Gasteiger partial charge in [-0.25, -0.2) is 9.97 Å². The van der Waals surface area contributed by atoms with Crippen molar-refractivity contribution in [1.29, 1.82) is 0 Å². The van der Waals surface area contributed by atoms with E-state index >= 15 is 0 Å². The highest BCUT2D eigenvalue weighted by atomic mass is 35.5. The molecular formula is C27H27Cl2N5O2S. The Labute approximate surface area is 230 Å². The Balaban J connectivity index is 1.20. The van der Waals surface area contributed by atoms with Crippen LogP contribution in [0.1, 0.15) is 28.4 Å². The van der Waals surface area contributed by atoms with Gasteiger partial charge in [0.25, 0.3) is 5.91 Å². The molecule has 0 N–H and O–H groups in total. The minimum Gasteiger partial charge on any atom is -0.353 e. The zero-order chi connectivity index (χ0) is 25.9. The third-order valence-corrected chi connectivity index (χ3v) is 8.05. The Morgan fingerprint density at radius 2 is 1.76 bits per heavy atom. The number of thioether (sulfide) groups is 1. The van der Waals surface area contributed by atoms with E-state index < -0.39 is 0 Å². The summed E-state index contributed by atoms with van der Waals surface area (Å²) in [7, 11) is 0. The van der Waals surface area contributed by atoms with Crippen LogP contribution in [0.5, 0.6) is 0 Å². The predicted octanol–water partition coefficient (Wildman–Crippen LogP) is 4.81. The van der Waals surface area contributed by atoms with Gasteiger partial charge in [-0.3, -0.25) is 9.59 Å².